The Labute approximate surface area is 167 Å². The molecule has 0 radical (unpaired) electrons. The van der Waals surface area contributed by atoms with Gasteiger partial charge < -0.3 is 10.6 Å². The van der Waals surface area contributed by atoms with Gasteiger partial charge in [0.05, 0.1) is 22.0 Å². The zero-order chi connectivity index (χ0) is 21.6. The summed E-state index contributed by atoms with van der Waals surface area (Å²) in [5.41, 5.74) is 0.0332. The Hall–Kier alpha value is -2.73. The number of nitrogens with one attached hydrogen (secondary N) is 2. The number of sulfone groups is 1. The van der Waals surface area contributed by atoms with Gasteiger partial charge in [-0.1, -0.05) is 0 Å². The first-order valence-electron chi connectivity index (χ1n) is 8.09. The number of thiazole rings is 1. The summed E-state index contributed by atoms with van der Waals surface area (Å²) >= 11 is 0.410. The van der Waals surface area contributed by atoms with Crippen molar-refractivity contribution in [3.63, 3.8) is 0 Å². The number of amides is 2. The first kappa shape index (κ1) is 21.0. The third-order valence-electron chi connectivity index (χ3n) is 4.27. The molecule has 0 aliphatic carbocycles. The highest BCUT2D eigenvalue weighted by atomic mass is 32.2. The number of benzene rings is 1. The van der Waals surface area contributed by atoms with Crippen molar-refractivity contribution in [2.45, 2.75) is 31.5 Å². The molecule has 2 N–H and O–H groups in total. The molecule has 1 aromatic carbocycles. The lowest BCUT2D eigenvalue weighted by atomic mass is 10.1. The first-order chi connectivity index (χ1) is 13.4. The van der Waals surface area contributed by atoms with Gasteiger partial charge in [0.1, 0.15) is 0 Å². The van der Waals surface area contributed by atoms with Crippen LogP contribution < -0.4 is 10.6 Å². The van der Waals surface area contributed by atoms with E-state index >= 15 is 0 Å². The minimum Gasteiger partial charge on any atom is -0.347 e. The molecule has 12 heteroatoms. The molecule has 154 valence electrons. The van der Waals surface area contributed by atoms with Gasteiger partial charge in [-0.15, -0.1) is 11.3 Å². The Bertz CT molecular complexity index is 1150. The molecule has 0 bridgehead atoms. The summed E-state index contributed by atoms with van der Waals surface area (Å²) in [6.07, 6.45) is -3.53. The van der Waals surface area contributed by atoms with Crippen LogP contribution in [0, 0.1) is 0 Å². The molecule has 2 aromatic rings. The second-order valence-electron chi connectivity index (χ2n) is 6.16. The molecular formula is C17H14F3N3O4S2. The number of carbonyl (C=O) groups excluding carboxylic acids is 2. The summed E-state index contributed by atoms with van der Waals surface area (Å²) < 4.78 is 63.0. The van der Waals surface area contributed by atoms with Crippen LogP contribution in [0.2, 0.25) is 0 Å². The molecule has 3 rings (SSSR count). The maximum Gasteiger partial charge on any atom is 0.443 e. The number of halogens is 3. The van der Waals surface area contributed by atoms with Crippen molar-refractivity contribution < 1.29 is 31.2 Å². The highest BCUT2D eigenvalue weighted by Gasteiger charge is 2.34. The number of alkyl halides is 3. The van der Waals surface area contributed by atoms with E-state index < -0.39 is 32.8 Å². The second-order valence-corrected chi connectivity index (χ2v) is 9.34. The van der Waals surface area contributed by atoms with Crippen molar-refractivity contribution >= 4 is 38.7 Å². The van der Waals surface area contributed by atoms with E-state index in [-0.39, 0.29) is 38.0 Å². The second kappa shape index (κ2) is 7.26. The average Bonchev–Trinajstić information content (AvgIpc) is 3.12. The number of hydrogen-bond donors (Lipinski definition) is 2. The Kier molecular flexibility index (Phi) is 5.26. The molecule has 2 amide bonds. The predicted molar refractivity (Wildman–Crippen MR) is 98.9 cm³/mol. The standard InChI is InChI=1S/C17H14F3N3O4S2/c1-8-9(2)29(26,27)13-4-3-10(5-12(13)23-14(8)24)15(25)21-6-11-7-22-16(28-11)17(18,19)20/h3-5,7H,6H2,1-2H3,(H,21,25)(H,23,24). The summed E-state index contributed by atoms with van der Waals surface area (Å²) in [6.45, 7) is 2.52. The minimum absolute atomic E-state index is 0.0389. The zero-order valence-corrected chi connectivity index (χ0v) is 16.7. The predicted octanol–water partition coefficient (Wildman–Crippen LogP) is 3.11. The van der Waals surface area contributed by atoms with Crippen molar-refractivity contribution in [2.75, 3.05) is 5.32 Å². The van der Waals surface area contributed by atoms with Crippen LogP contribution in [0.25, 0.3) is 0 Å². The van der Waals surface area contributed by atoms with Gasteiger partial charge in [-0.25, -0.2) is 13.4 Å². The van der Waals surface area contributed by atoms with Crippen molar-refractivity contribution in [2.24, 2.45) is 0 Å². The van der Waals surface area contributed by atoms with Crippen LogP contribution in [0.15, 0.2) is 39.8 Å². The Morgan fingerprint density at radius 2 is 1.97 bits per heavy atom. The van der Waals surface area contributed by atoms with Crippen LogP contribution in [-0.4, -0.2) is 25.2 Å². The van der Waals surface area contributed by atoms with Gasteiger partial charge in [0.25, 0.3) is 11.8 Å². The molecule has 0 unspecified atom stereocenters. The number of allylic oxidation sites excluding steroid dienone is 1. The largest absolute Gasteiger partial charge is 0.443 e. The molecule has 1 aliphatic rings. The molecule has 0 spiro atoms. The van der Waals surface area contributed by atoms with E-state index in [1.54, 1.807) is 0 Å². The summed E-state index contributed by atoms with van der Waals surface area (Å²) in [6, 6.07) is 3.68. The molecule has 1 aliphatic heterocycles. The zero-order valence-electron chi connectivity index (χ0n) is 15.0. The fourth-order valence-electron chi connectivity index (χ4n) is 2.54. The van der Waals surface area contributed by atoms with E-state index in [4.69, 9.17) is 0 Å². The van der Waals surface area contributed by atoms with E-state index in [2.05, 4.69) is 15.6 Å². The number of nitrogens with zero attached hydrogens (tertiary/aromatic N) is 1. The van der Waals surface area contributed by atoms with E-state index in [1.807, 2.05) is 0 Å². The summed E-state index contributed by atoms with van der Waals surface area (Å²) in [7, 11) is -3.90. The molecule has 0 atom stereocenters. The number of rotatable bonds is 3. The van der Waals surface area contributed by atoms with E-state index in [1.165, 1.54) is 32.0 Å². The summed E-state index contributed by atoms with van der Waals surface area (Å²) in [5, 5.41) is 3.89. The number of carbonyl (C=O) groups is 2. The fraction of sp³-hybridized carbons (Fsp3) is 0.235. The fourth-order valence-corrected chi connectivity index (χ4v) is 4.73. The lowest BCUT2D eigenvalue weighted by Crippen LogP contribution is -2.22. The summed E-state index contributed by atoms with van der Waals surface area (Å²) in [5.74, 6) is -1.25. The van der Waals surface area contributed by atoms with Crippen LogP contribution in [-0.2, 0) is 27.4 Å². The van der Waals surface area contributed by atoms with Crippen LogP contribution in [0.1, 0.15) is 34.1 Å². The van der Waals surface area contributed by atoms with E-state index in [0.717, 1.165) is 6.20 Å². The Balaban J connectivity index is 1.82. The number of anilines is 1. The molecule has 0 saturated heterocycles. The molecule has 0 saturated carbocycles. The lowest BCUT2D eigenvalue weighted by Gasteiger charge is -2.10. The maximum atomic E-state index is 12.6. The van der Waals surface area contributed by atoms with Crippen molar-refractivity contribution in [3.8, 4) is 0 Å². The minimum atomic E-state index is -4.56. The lowest BCUT2D eigenvalue weighted by molar-refractivity contribution is -0.137. The van der Waals surface area contributed by atoms with Crippen LogP contribution in [0.3, 0.4) is 0 Å². The van der Waals surface area contributed by atoms with Gasteiger partial charge >= 0.3 is 6.18 Å². The number of hydrogen-bond acceptors (Lipinski definition) is 6. The monoisotopic (exact) mass is 445 g/mol. The van der Waals surface area contributed by atoms with Crippen molar-refractivity contribution in [1.29, 1.82) is 0 Å². The quantitative estimate of drug-likeness (QED) is 0.755. The first-order valence-corrected chi connectivity index (χ1v) is 10.4. The van der Waals surface area contributed by atoms with Gasteiger partial charge in [0.2, 0.25) is 9.84 Å². The van der Waals surface area contributed by atoms with E-state index in [0.29, 0.717) is 11.3 Å². The number of fused-ring (bicyclic) bond motifs is 1. The van der Waals surface area contributed by atoms with Gasteiger partial charge in [-0.3, -0.25) is 9.59 Å². The molecule has 7 nitrogen and oxygen atoms in total. The third-order valence-corrected chi connectivity index (χ3v) is 7.36. The molecular weight excluding hydrogens is 431 g/mol. The van der Waals surface area contributed by atoms with Crippen LogP contribution >= 0.6 is 11.3 Å². The molecule has 0 fully saturated rings. The average molecular weight is 445 g/mol. The smallest absolute Gasteiger partial charge is 0.347 e. The SMILES string of the molecule is CC1=C(C)S(=O)(=O)c2ccc(C(=O)NCc3cnc(C(F)(F)F)s3)cc2NC1=O. The Morgan fingerprint density at radius 1 is 1.28 bits per heavy atom. The molecule has 2 heterocycles. The Morgan fingerprint density at radius 3 is 2.59 bits per heavy atom. The van der Waals surface area contributed by atoms with Gasteiger partial charge in [0, 0.05) is 22.2 Å². The topological polar surface area (TPSA) is 105 Å². The van der Waals surface area contributed by atoms with Gasteiger partial charge in [-0.05, 0) is 32.0 Å². The van der Waals surface area contributed by atoms with Crippen LogP contribution in [0.4, 0.5) is 18.9 Å². The maximum absolute atomic E-state index is 12.6. The van der Waals surface area contributed by atoms with Crippen LogP contribution in [0.5, 0.6) is 0 Å². The van der Waals surface area contributed by atoms with Crippen molar-refractivity contribution in [1.82, 2.24) is 10.3 Å². The highest BCUT2D eigenvalue weighted by molar-refractivity contribution is 7.95. The van der Waals surface area contributed by atoms with Crippen molar-refractivity contribution in [3.05, 3.63) is 50.3 Å². The highest BCUT2D eigenvalue weighted by Crippen LogP contribution is 2.33. The number of aromatic nitrogens is 1. The normalized spacial score (nSPS) is 16.1. The van der Waals surface area contributed by atoms with E-state index in [9.17, 15) is 31.2 Å². The van der Waals surface area contributed by atoms with Gasteiger partial charge in [0.15, 0.2) is 5.01 Å². The summed E-state index contributed by atoms with van der Waals surface area (Å²) in [4.78, 5) is 27.7. The molecule has 29 heavy (non-hydrogen) atoms. The third kappa shape index (κ3) is 4.03. The molecule has 1 aromatic heterocycles. The van der Waals surface area contributed by atoms with Gasteiger partial charge in [-0.2, -0.15) is 13.2 Å².